The number of nitrogens with one attached hydrogen (secondary N) is 1. The van der Waals surface area contributed by atoms with E-state index in [9.17, 15) is 0 Å². The average Bonchev–Trinajstić information content (AvgIpc) is 2.06. The van der Waals surface area contributed by atoms with Gasteiger partial charge in [0, 0.05) is 6.61 Å². The molecule has 2 nitrogen and oxygen atoms in total. The maximum Gasteiger partial charge on any atom is 0.0484 e. The largest absolute Gasteiger partial charge is 0.396 e. The van der Waals surface area contributed by atoms with Crippen molar-refractivity contribution < 1.29 is 5.11 Å². The van der Waals surface area contributed by atoms with Crippen LogP contribution in [0.25, 0.3) is 0 Å². The van der Waals surface area contributed by atoms with E-state index in [4.69, 9.17) is 5.11 Å². The highest BCUT2D eigenvalue weighted by molar-refractivity contribution is 4.81. The number of rotatable bonds is 2. The highest BCUT2D eigenvalue weighted by atomic mass is 16.3. The minimum atomic E-state index is 0.127. The molecule has 1 aliphatic rings. The van der Waals surface area contributed by atoms with Crippen molar-refractivity contribution in [3.63, 3.8) is 0 Å². The Morgan fingerprint density at radius 1 is 1.36 bits per heavy atom. The van der Waals surface area contributed by atoms with Crippen molar-refractivity contribution >= 4 is 0 Å². The van der Waals surface area contributed by atoms with E-state index in [1.807, 2.05) is 0 Å². The Morgan fingerprint density at radius 2 is 1.91 bits per heavy atom. The fourth-order valence-corrected chi connectivity index (χ4v) is 1.73. The molecule has 66 valence electrons. The fraction of sp³-hybridized carbons (Fsp3) is 1.00. The van der Waals surface area contributed by atoms with Gasteiger partial charge in [0.15, 0.2) is 0 Å². The first-order valence-corrected chi connectivity index (χ1v) is 4.48. The second-order valence-corrected chi connectivity index (χ2v) is 4.17. The van der Waals surface area contributed by atoms with Crippen molar-refractivity contribution in [2.75, 3.05) is 19.7 Å². The molecule has 0 aromatic rings. The topological polar surface area (TPSA) is 32.3 Å². The number of aliphatic hydroxyl groups excluding tert-OH is 1. The van der Waals surface area contributed by atoms with Gasteiger partial charge < -0.3 is 10.4 Å². The van der Waals surface area contributed by atoms with E-state index in [-0.39, 0.29) is 5.41 Å². The summed E-state index contributed by atoms with van der Waals surface area (Å²) in [5.74, 6) is 0.703. The van der Waals surface area contributed by atoms with Crippen molar-refractivity contribution in [3.05, 3.63) is 0 Å². The Bertz CT molecular complexity index is 117. The Morgan fingerprint density at radius 3 is 2.36 bits per heavy atom. The molecule has 2 N–H and O–H groups in total. The van der Waals surface area contributed by atoms with Crippen LogP contribution in [0.4, 0.5) is 0 Å². The highest BCUT2D eigenvalue weighted by Crippen LogP contribution is 2.32. The SMILES string of the molecule is CC(C)(CO)C1CCNCC1. The minimum absolute atomic E-state index is 0.127. The molecule has 11 heavy (non-hydrogen) atoms. The van der Waals surface area contributed by atoms with Gasteiger partial charge in [-0.15, -0.1) is 0 Å². The van der Waals surface area contributed by atoms with Gasteiger partial charge in [-0.3, -0.25) is 0 Å². The predicted octanol–water partition coefficient (Wildman–Crippen LogP) is 1.00. The summed E-state index contributed by atoms with van der Waals surface area (Å²) in [6.45, 7) is 6.87. The van der Waals surface area contributed by atoms with Gasteiger partial charge in [-0.2, -0.15) is 0 Å². The van der Waals surface area contributed by atoms with Crippen LogP contribution in [0.5, 0.6) is 0 Å². The second kappa shape index (κ2) is 3.55. The maximum absolute atomic E-state index is 9.13. The Kier molecular flexibility index (Phi) is 2.90. The lowest BCUT2D eigenvalue weighted by Gasteiger charge is -2.35. The molecule has 1 aliphatic heterocycles. The van der Waals surface area contributed by atoms with Gasteiger partial charge >= 0.3 is 0 Å². The van der Waals surface area contributed by atoms with E-state index < -0.39 is 0 Å². The van der Waals surface area contributed by atoms with E-state index in [2.05, 4.69) is 19.2 Å². The lowest BCUT2D eigenvalue weighted by molar-refractivity contribution is 0.0774. The third kappa shape index (κ3) is 2.17. The van der Waals surface area contributed by atoms with Crippen LogP contribution in [-0.4, -0.2) is 24.8 Å². The molecular formula is C9H19NO. The van der Waals surface area contributed by atoms with Crippen LogP contribution in [-0.2, 0) is 0 Å². The first kappa shape index (κ1) is 9.01. The summed E-state index contributed by atoms with van der Waals surface area (Å²) < 4.78 is 0. The molecule has 0 unspecified atom stereocenters. The Balaban J connectivity index is 2.43. The van der Waals surface area contributed by atoms with Gasteiger partial charge in [0.1, 0.15) is 0 Å². The monoisotopic (exact) mass is 157 g/mol. The van der Waals surface area contributed by atoms with E-state index in [1.165, 1.54) is 12.8 Å². The number of hydrogen-bond donors (Lipinski definition) is 2. The zero-order chi connectivity index (χ0) is 8.32. The lowest BCUT2D eigenvalue weighted by atomic mass is 9.75. The summed E-state index contributed by atoms with van der Waals surface area (Å²) in [6.07, 6.45) is 2.43. The summed E-state index contributed by atoms with van der Waals surface area (Å²) in [6, 6.07) is 0. The molecule has 0 spiro atoms. The molecule has 0 radical (unpaired) electrons. The third-order valence-corrected chi connectivity index (χ3v) is 2.85. The van der Waals surface area contributed by atoms with Gasteiger partial charge in [0.2, 0.25) is 0 Å². The second-order valence-electron chi connectivity index (χ2n) is 4.17. The highest BCUT2D eigenvalue weighted by Gasteiger charge is 2.29. The maximum atomic E-state index is 9.13. The van der Waals surface area contributed by atoms with Crippen molar-refractivity contribution in [2.24, 2.45) is 11.3 Å². The Hall–Kier alpha value is -0.0800. The van der Waals surface area contributed by atoms with E-state index in [0.29, 0.717) is 12.5 Å². The summed E-state index contributed by atoms with van der Waals surface area (Å²) in [4.78, 5) is 0. The first-order valence-electron chi connectivity index (χ1n) is 4.48. The molecular weight excluding hydrogens is 138 g/mol. The van der Waals surface area contributed by atoms with Crippen LogP contribution in [0.3, 0.4) is 0 Å². The molecule has 2 heteroatoms. The van der Waals surface area contributed by atoms with Gasteiger partial charge in [0.05, 0.1) is 0 Å². The molecule has 0 aromatic carbocycles. The van der Waals surface area contributed by atoms with Gasteiger partial charge in [-0.1, -0.05) is 13.8 Å². The van der Waals surface area contributed by atoms with Crippen molar-refractivity contribution in [3.8, 4) is 0 Å². The molecule has 0 bridgehead atoms. The van der Waals surface area contributed by atoms with Crippen LogP contribution >= 0.6 is 0 Å². The number of hydrogen-bond acceptors (Lipinski definition) is 2. The lowest BCUT2D eigenvalue weighted by Crippen LogP contribution is -2.37. The summed E-state index contributed by atoms with van der Waals surface area (Å²) in [5.41, 5.74) is 0.127. The quantitative estimate of drug-likeness (QED) is 0.627. The summed E-state index contributed by atoms with van der Waals surface area (Å²) in [5, 5.41) is 12.5. The smallest absolute Gasteiger partial charge is 0.0484 e. The fourth-order valence-electron chi connectivity index (χ4n) is 1.73. The zero-order valence-corrected chi connectivity index (χ0v) is 7.56. The van der Waals surface area contributed by atoms with Crippen molar-refractivity contribution in [1.29, 1.82) is 0 Å². The molecule has 1 rings (SSSR count). The first-order chi connectivity index (χ1) is 5.17. The molecule has 0 saturated carbocycles. The van der Waals surface area contributed by atoms with Crippen LogP contribution in [0.2, 0.25) is 0 Å². The van der Waals surface area contributed by atoms with Crippen molar-refractivity contribution in [2.45, 2.75) is 26.7 Å². The standard InChI is InChI=1S/C9H19NO/c1-9(2,7-11)8-3-5-10-6-4-8/h8,10-11H,3-7H2,1-2H3. The molecule has 0 aromatic heterocycles. The average molecular weight is 157 g/mol. The summed E-state index contributed by atoms with van der Waals surface area (Å²) in [7, 11) is 0. The van der Waals surface area contributed by atoms with E-state index >= 15 is 0 Å². The predicted molar refractivity (Wildman–Crippen MR) is 46.5 cm³/mol. The molecule has 1 heterocycles. The van der Waals surface area contributed by atoms with Crippen LogP contribution in [0, 0.1) is 11.3 Å². The van der Waals surface area contributed by atoms with Crippen LogP contribution in [0.15, 0.2) is 0 Å². The molecule has 0 amide bonds. The van der Waals surface area contributed by atoms with E-state index in [0.717, 1.165) is 13.1 Å². The van der Waals surface area contributed by atoms with Gasteiger partial charge in [0.25, 0.3) is 0 Å². The minimum Gasteiger partial charge on any atom is -0.396 e. The van der Waals surface area contributed by atoms with Gasteiger partial charge in [-0.25, -0.2) is 0 Å². The molecule has 0 atom stereocenters. The normalized spacial score (nSPS) is 22.1. The molecule has 0 aliphatic carbocycles. The van der Waals surface area contributed by atoms with Gasteiger partial charge in [-0.05, 0) is 37.3 Å². The summed E-state index contributed by atoms with van der Waals surface area (Å²) >= 11 is 0. The third-order valence-electron chi connectivity index (χ3n) is 2.85. The Labute approximate surface area is 69.0 Å². The van der Waals surface area contributed by atoms with Crippen LogP contribution in [0.1, 0.15) is 26.7 Å². The van der Waals surface area contributed by atoms with Crippen molar-refractivity contribution in [1.82, 2.24) is 5.32 Å². The zero-order valence-electron chi connectivity index (χ0n) is 7.56. The molecule has 1 fully saturated rings. The van der Waals surface area contributed by atoms with E-state index in [1.54, 1.807) is 0 Å². The van der Waals surface area contributed by atoms with Crippen LogP contribution < -0.4 is 5.32 Å². The number of aliphatic hydroxyl groups is 1. The molecule has 1 saturated heterocycles. The number of piperidine rings is 1.